The Morgan fingerprint density at radius 1 is 1.17 bits per heavy atom. The van der Waals surface area contributed by atoms with Crippen LogP contribution in [0.25, 0.3) is 0 Å². The smallest absolute Gasteiger partial charge is 0.311 e. The Morgan fingerprint density at radius 2 is 1.78 bits per heavy atom. The number of amides is 2. The first-order valence-electron chi connectivity index (χ1n) is 6.60. The highest BCUT2D eigenvalue weighted by molar-refractivity contribution is 6.35. The van der Waals surface area contributed by atoms with E-state index in [2.05, 4.69) is 5.32 Å². The topological polar surface area (TPSA) is 69.6 Å². The molecule has 0 aromatic heterocycles. The van der Waals surface area contributed by atoms with Crippen molar-refractivity contribution in [1.82, 2.24) is 10.2 Å². The molecular weight excluding hydrogens is 232 g/mol. The summed E-state index contributed by atoms with van der Waals surface area (Å²) in [6, 6.07) is 0. The number of hydrogen-bond donors (Lipinski definition) is 2. The van der Waals surface area contributed by atoms with E-state index in [9.17, 15) is 9.59 Å². The zero-order chi connectivity index (χ0) is 14.2. The van der Waals surface area contributed by atoms with Gasteiger partial charge in [-0.15, -0.1) is 0 Å². The van der Waals surface area contributed by atoms with Crippen molar-refractivity contribution < 1.29 is 14.7 Å². The number of carbonyl (C=O) groups excluding carboxylic acids is 2. The summed E-state index contributed by atoms with van der Waals surface area (Å²) in [6.45, 7) is 8.37. The number of aliphatic hydroxyl groups is 1. The number of carbonyl (C=O) groups is 2. The second kappa shape index (κ2) is 8.08. The molecule has 0 bridgehead atoms. The number of unbranched alkanes of at least 4 members (excludes halogenated alkanes) is 1. The summed E-state index contributed by atoms with van der Waals surface area (Å²) in [5.41, 5.74) is -0.768. The van der Waals surface area contributed by atoms with Crippen LogP contribution in [0.3, 0.4) is 0 Å². The highest BCUT2D eigenvalue weighted by atomic mass is 16.3. The second-order valence-electron chi connectivity index (χ2n) is 5.14. The zero-order valence-corrected chi connectivity index (χ0v) is 12.0. The number of nitrogens with one attached hydrogen (secondary N) is 1. The normalized spacial score (nSPS) is 11.2. The van der Waals surface area contributed by atoms with Gasteiger partial charge in [0.2, 0.25) is 0 Å². The van der Waals surface area contributed by atoms with Crippen LogP contribution >= 0.6 is 0 Å². The minimum Gasteiger partial charge on any atom is -0.394 e. The van der Waals surface area contributed by atoms with Crippen LogP contribution in [0.1, 0.15) is 47.0 Å². The molecule has 0 heterocycles. The molecule has 0 aliphatic carbocycles. The fourth-order valence-corrected chi connectivity index (χ4v) is 1.48. The molecule has 5 nitrogen and oxygen atoms in total. The Bertz CT molecular complexity index is 277. The maximum Gasteiger partial charge on any atom is 0.311 e. The van der Waals surface area contributed by atoms with Gasteiger partial charge < -0.3 is 15.3 Å². The first-order valence-corrected chi connectivity index (χ1v) is 6.60. The summed E-state index contributed by atoms with van der Waals surface area (Å²) >= 11 is 0. The largest absolute Gasteiger partial charge is 0.394 e. The predicted octanol–water partition coefficient (Wildman–Crippen LogP) is 0.912. The third-order valence-corrected chi connectivity index (χ3v) is 2.60. The maximum absolute atomic E-state index is 12.0. The highest BCUT2D eigenvalue weighted by Gasteiger charge is 2.26. The Morgan fingerprint density at radius 3 is 2.22 bits per heavy atom. The SMILES string of the molecule is CCCCN(CCC)C(=O)C(=O)NC(C)(C)CO. The molecule has 0 atom stereocenters. The molecule has 0 saturated carbocycles. The third-order valence-electron chi connectivity index (χ3n) is 2.60. The molecule has 0 radical (unpaired) electrons. The van der Waals surface area contributed by atoms with Gasteiger partial charge in [0.1, 0.15) is 0 Å². The molecule has 0 aliphatic heterocycles. The molecule has 0 spiro atoms. The maximum atomic E-state index is 12.0. The van der Waals surface area contributed by atoms with Crippen molar-refractivity contribution in [2.24, 2.45) is 0 Å². The lowest BCUT2D eigenvalue weighted by Gasteiger charge is -2.26. The van der Waals surface area contributed by atoms with E-state index in [-0.39, 0.29) is 6.61 Å². The van der Waals surface area contributed by atoms with Crippen molar-refractivity contribution in [2.75, 3.05) is 19.7 Å². The van der Waals surface area contributed by atoms with Crippen molar-refractivity contribution in [1.29, 1.82) is 0 Å². The van der Waals surface area contributed by atoms with Crippen LogP contribution in [-0.4, -0.2) is 47.1 Å². The number of aliphatic hydroxyl groups excluding tert-OH is 1. The monoisotopic (exact) mass is 258 g/mol. The van der Waals surface area contributed by atoms with E-state index in [1.165, 1.54) is 0 Å². The van der Waals surface area contributed by atoms with E-state index in [1.807, 2.05) is 13.8 Å². The molecule has 0 aromatic rings. The molecule has 2 amide bonds. The Labute approximate surface area is 110 Å². The first-order chi connectivity index (χ1) is 8.37. The lowest BCUT2D eigenvalue weighted by atomic mass is 10.1. The van der Waals surface area contributed by atoms with Crippen LogP contribution < -0.4 is 5.32 Å². The van der Waals surface area contributed by atoms with E-state index < -0.39 is 17.4 Å². The first kappa shape index (κ1) is 16.9. The minimum atomic E-state index is -0.768. The number of nitrogens with zero attached hydrogens (tertiary/aromatic N) is 1. The number of rotatable bonds is 7. The molecule has 0 aromatic carbocycles. The van der Waals surface area contributed by atoms with Crippen LogP contribution in [0, 0.1) is 0 Å². The molecule has 0 saturated heterocycles. The quantitative estimate of drug-likeness (QED) is 0.667. The van der Waals surface area contributed by atoms with Gasteiger partial charge in [0.05, 0.1) is 12.1 Å². The predicted molar refractivity (Wildman–Crippen MR) is 71.1 cm³/mol. The van der Waals surface area contributed by atoms with Gasteiger partial charge >= 0.3 is 11.8 Å². The summed E-state index contributed by atoms with van der Waals surface area (Å²) in [5, 5.41) is 11.6. The summed E-state index contributed by atoms with van der Waals surface area (Å²) in [6.07, 6.45) is 2.70. The Hall–Kier alpha value is -1.10. The summed E-state index contributed by atoms with van der Waals surface area (Å²) in [5.74, 6) is -1.15. The van der Waals surface area contributed by atoms with Crippen LogP contribution in [-0.2, 0) is 9.59 Å². The lowest BCUT2D eigenvalue weighted by molar-refractivity contribution is -0.147. The molecule has 0 unspecified atom stereocenters. The molecule has 0 rings (SSSR count). The van der Waals surface area contributed by atoms with E-state index in [0.717, 1.165) is 19.3 Å². The molecule has 2 N–H and O–H groups in total. The van der Waals surface area contributed by atoms with Crippen LogP contribution in [0.4, 0.5) is 0 Å². The summed E-state index contributed by atoms with van der Waals surface area (Å²) < 4.78 is 0. The highest BCUT2D eigenvalue weighted by Crippen LogP contribution is 2.02. The van der Waals surface area contributed by atoms with E-state index in [1.54, 1.807) is 18.7 Å². The van der Waals surface area contributed by atoms with Crippen LogP contribution in [0.2, 0.25) is 0 Å². The van der Waals surface area contributed by atoms with Crippen LogP contribution in [0.15, 0.2) is 0 Å². The van der Waals surface area contributed by atoms with Gasteiger partial charge in [0.25, 0.3) is 0 Å². The lowest BCUT2D eigenvalue weighted by Crippen LogP contribution is -2.52. The fraction of sp³-hybridized carbons (Fsp3) is 0.846. The molecule has 106 valence electrons. The number of hydrogen-bond acceptors (Lipinski definition) is 3. The van der Waals surface area contributed by atoms with Crippen molar-refractivity contribution >= 4 is 11.8 Å². The molecule has 18 heavy (non-hydrogen) atoms. The van der Waals surface area contributed by atoms with Gasteiger partial charge in [-0.3, -0.25) is 9.59 Å². The van der Waals surface area contributed by atoms with E-state index in [4.69, 9.17) is 5.11 Å². The van der Waals surface area contributed by atoms with Gasteiger partial charge in [-0.1, -0.05) is 20.3 Å². The average Bonchev–Trinajstić information content (AvgIpc) is 2.33. The van der Waals surface area contributed by atoms with Crippen LogP contribution in [0.5, 0.6) is 0 Å². The van der Waals surface area contributed by atoms with Gasteiger partial charge in [0.15, 0.2) is 0 Å². The van der Waals surface area contributed by atoms with E-state index >= 15 is 0 Å². The third kappa shape index (κ3) is 6.00. The molecule has 5 heteroatoms. The van der Waals surface area contributed by atoms with E-state index in [0.29, 0.717) is 13.1 Å². The molecular formula is C13H26N2O3. The summed E-state index contributed by atoms with van der Waals surface area (Å²) in [4.78, 5) is 25.3. The van der Waals surface area contributed by atoms with Gasteiger partial charge in [-0.05, 0) is 26.7 Å². The van der Waals surface area contributed by atoms with Gasteiger partial charge in [-0.25, -0.2) is 0 Å². The minimum absolute atomic E-state index is 0.200. The fourth-order valence-electron chi connectivity index (χ4n) is 1.48. The summed E-state index contributed by atoms with van der Waals surface area (Å²) in [7, 11) is 0. The Balaban J connectivity index is 4.51. The Kier molecular flexibility index (Phi) is 7.59. The molecule has 0 fully saturated rings. The van der Waals surface area contributed by atoms with Crippen molar-refractivity contribution in [2.45, 2.75) is 52.5 Å². The van der Waals surface area contributed by atoms with Crippen molar-refractivity contribution in [3.63, 3.8) is 0 Å². The van der Waals surface area contributed by atoms with Crippen molar-refractivity contribution in [3.8, 4) is 0 Å². The molecule has 0 aliphatic rings. The standard InChI is InChI=1S/C13H26N2O3/c1-5-7-9-15(8-6-2)12(18)11(17)14-13(3,4)10-16/h16H,5-10H2,1-4H3,(H,14,17). The second-order valence-corrected chi connectivity index (χ2v) is 5.14. The zero-order valence-electron chi connectivity index (χ0n) is 12.0. The average molecular weight is 258 g/mol. The van der Waals surface area contributed by atoms with Gasteiger partial charge in [-0.2, -0.15) is 0 Å². The van der Waals surface area contributed by atoms with Gasteiger partial charge in [0, 0.05) is 13.1 Å². The van der Waals surface area contributed by atoms with Crippen molar-refractivity contribution in [3.05, 3.63) is 0 Å².